The Morgan fingerprint density at radius 3 is 2.75 bits per heavy atom. The fourth-order valence-corrected chi connectivity index (χ4v) is 0.837. The average molecular weight is 256 g/mol. The van der Waals surface area contributed by atoms with Gasteiger partial charge in [-0.25, -0.2) is 14.8 Å². The molecule has 0 atom stereocenters. The number of rotatable bonds is 2. The van der Waals surface area contributed by atoms with E-state index in [9.17, 15) is 18.0 Å². The van der Waals surface area contributed by atoms with Gasteiger partial charge in [0.05, 0.1) is 0 Å². The number of aromatic nitrogens is 2. The van der Waals surface area contributed by atoms with Gasteiger partial charge in [0, 0.05) is 6.07 Å². The van der Waals surface area contributed by atoms with E-state index >= 15 is 0 Å². The normalized spacial score (nSPS) is 11.0. The quantitative estimate of drug-likeness (QED) is 0.823. The smallest absolute Gasteiger partial charge is 0.422 e. The molecule has 1 aromatic rings. The minimum atomic E-state index is -4.57. The molecule has 1 rings (SSSR count). The van der Waals surface area contributed by atoms with Crippen LogP contribution in [0.3, 0.4) is 0 Å². The summed E-state index contributed by atoms with van der Waals surface area (Å²) in [6, 6.07) is 1.16. The number of nitrogens with one attached hydrogen (secondary N) is 1. The van der Waals surface area contributed by atoms with Gasteiger partial charge in [0.2, 0.25) is 0 Å². The molecule has 1 N–H and O–H groups in total. The van der Waals surface area contributed by atoms with Crippen LogP contribution in [0.15, 0.2) is 12.4 Å². The molecular weight excluding hydrogens is 251 g/mol. The summed E-state index contributed by atoms with van der Waals surface area (Å²) in [4.78, 5) is 17.9. The zero-order chi connectivity index (χ0) is 12.2. The first-order valence-corrected chi connectivity index (χ1v) is 4.23. The molecule has 1 aromatic heterocycles. The number of halogens is 4. The van der Waals surface area contributed by atoms with E-state index < -0.39 is 18.9 Å². The van der Waals surface area contributed by atoms with Crippen LogP contribution in [0.2, 0.25) is 5.15 Å². The van der Waals surface area contributed by atoms with Gasteiger partial charge in [-0.1, -0.05) is 11.6 Å². The second kappa shape index (κ2) is 4.97. The number of hydrogen-bond donors (Lipinski definition) is 1. The second-order valence-electron chi connectivity index (χ2n) is 2.54. The second-order valence-corrected chi connectivity index (χ2v) is 2.93. The lowest BCUT2D eigenvalue weighted by molar-refractivity contribution is -0.159. The Morgan fingerprint density at radius 1 is 1.50 bits per heavy atom. The van der Waals surface area contributed by atoms with Crippen LogP contribution in [-0.2, 0) is 4.74 Å². The van der Waals surface area contributed by atoms with Crippen molar-refractivity contribution in [2.24, 2.45) is 0 Å². The number of nitrogens with zero attached hydrogens (tertiary/aromatic N) is 2. The number of hydrogen-bond acceptors (Lipinski definition) is 4. The van der Waals surface area contributed by atoms with Crippen molar-refractivity contribution in [1.82, 2.24) is 9.97 Å². The van der Waals surface area contributed by atoms with Gasteiger partial charge in [-0.3, -0.25) is 5.32 Å². The van der Waals surface area contributed by atoms with Crippen molar-refractivity contribution in [2.75, 3.05) is 11.9 Å². The lowest BCUT2D eigenvalue weighted by Gasteiger charge is -2.08. The standard InChI is InChI=1S/C7H5ClF3N3O2/c8-4-1-5(13-3-12-4)14-6(15)16-2-7(9,10)11/h1,3H,2H2,(H,12,13,14,15). The summed E-state index contributed by atoms with van der Waals surface area (Å²) in [5.41, 5.74) is 0. The van der Waals surface area contributed by atoms with Gasteiger partial charge in [-0.05, 0) is 0 Å². The molecule has 1 amide bonds. The summed E-state index contributed by atoms with van der Waals surface area (Å²) in [7, 11) is 0. The van der Waals surface area contributed by atoms with Crippen molar-refractivity contribution in [3.63, 3.8) is 0 Å². The lowest BCUT2D eigenvalue weighted by atomic mass is 10.6. The third kappa shape index (κ3) is 4.78. The number of anilines is 1. The Balaban J connectivity index is 2.46. The summed E-state index contributed by atoms with van der Waals surface area (Å²) >= 11 is 5.45. The first kappa shape index (κ1) is 12.5. The van der Waals surface area contributed by atoms with Crippen molar-refractivity contribution < 1.29 is 22.7 Å². The molecule has 0 fully saturated rings. The molecular formula is C7H5ClF3N3O2. The van der Waals surface area contributed by atoms with Crippen LogP contribution >= 0.6 is 11.6 Å². The largest absolute Gasteiger partial charge is 0.440 e. The Bertz CT molecular complexity index is 385. The van der Waals surface area contributed by atoms with Crippen molar-refractivity contribution in [3.8, 4) is 0 Å². The van der Waals surface area contributed by atoms with Gasteiger partial charge in [-0.2, -0.15) is 13.2 Å². The number of ether oxygens (including phenoxy) is 1. The highest BCUT2D eigenvalue weighted by atomic mass is 35.5. The zero-order valence-electron chi connectivity index (χ0n) is 7.58. The van der Waals surface area contributed by atoms with E-state index in [1.165, 1.54) is 0 Å². The Hall–Kier alpha value is -1.57. The van der Waals surface area contributed by atoms with E-state index in [1.807, 2.05) is 5.32 Å². The third-order valence-electron chi connectivity index (χ3n) is 1.23. The molecule has 0 aliphatic rings. The molecule has 0 aliphatic carbocycles. The molecule has 0 aromatic carbocycles. The zero-order valence-corrected chi connectivity index (χ0v) is 8.34. The number of amides is 1. The van der Waals surface area contributed by atoms with Crippen molar-refractivity contribution in [1.29, 1.82) is 0 Å². The van der Waals surface area contributed by atoms with E-state index in [-0.39, 0.29) is 11.0 Å². The fourth-order valence-electron chi connectivity index (χ4n) is 0.690. The van der Waals surface area contributed by atoms with Crippen LogP contribution in [0.5, 0.6) is 0 Å². The molecule has 0 saturated heterocycles. The summed E-state index contributed by atoms with van der Waals surface area (Å²) in [5.74, 6) is -0.0489. The minimum absolute atomic E-state index is 0.0427. The Kier molecular flexibility index (Phi) is 3.88. The van der Waals surface area contributed by atoms with E-state index in [4.69, 9.17) is 11.6 Å². The Labute approximate surface area is 92.6 Å². The van der Waals surface area contributed by atoms with Gasteiger partial charge in [0.15, 0.2) is 6.61 Å². The predicted molar refractivity (Wildman–Crippen MR) is 48.1 cm³/mol. The van der Waals surface area contributed by atoms with Crippen LogP contribution < -0.4 is 5.32 Å². The van der Waals surface area contributed by atoms with E-state index in [0.717, 1.165) is 12.4 Å². The number of carbonyl (C=O) groups excluding carboxylic acids is 1. The number of carbonyl (C=O) groups is 1. The molecule has 1 heterocycles. The molecule has 0 spiro atoms. The summed E-state index contributed by atoms with van der Waals surface area (Å²) < 4.78 is 38.9. The third-order valence-corrected chi connectivity index (χ3v) is 1.44. The summed E-state index contributed by atoms with van der Waals surface area (Å²) in [6.45, 7) is -1.67. The van der Waals surface area contributed by atoms with E-state index in [1.54, 1.807) is 0 Å². The van der Waals surface area contributed by atoms with Gasteiger partial charge >= 0.3 is 12.3 Å². The topological polar surface area (TPSA) is 64.1 Å². The van der Waals surface area contributed by atoms with Crippen LogP contribution in [0.25, 0.3) is 0 Å². The van der Waals surface area contributed by atoms with Crippen LogP contribution in [-0.4, -0.2) is 28.8 Å². The highest BCUT2D eigenvalue weighted by Gasteiger charge is 2.29. The average Bonchev–Trinajstić information content (AvgIpc) is 2.14. The Morgan fingerprint density at radius 2 is 2.19 bits per heavy atom. The van der Waals surface area contributed by atoms with E-state index in [2.05, 4.69) is 14.7 Å². The van der Waals surface area contributed by atoms with Crippen molar-refractivity contribution in [2.45, 2.75) is 6.18 Å². The van der Waals surface area contributed by atoms with Crippen molar-refractivity contribution in [3.05, 3.63) is 17.5 Å². The molecule has 0 aliphatic heterocycles. The van der Waals surface area contributed by atoms with E-state index in [0.29, 0.717) is 0 Å². The molecule has 88 valence electrons. The SMILES string of the molecule is O=C(Nc1cc(Cl)ncn1)OCC(F)(F)F. The summed E-state index contributed by atoms with van der Waals surface area (Å²) in [6.07, 6.45) is -4.80. The molecule has 5 nitrogen and oxygen atoms in total. The van der Waals surface area contributed by atoms with Gasteiger partial charge in [-0.15, -0.1) is 0 Å². The molecule has 0 radical (unpaired) electrons. The van der Waals surface area contributed by atoms with Crippen LogP contribution in [0.4, 0.5) is 23.8 Å². The van der Waals surface area contributed by atoms with Gasteiger partial charge < -0.3 is 4.74 Å². The fraction of sp³-hybridized carbons (Fsp3) is 0.286. The first-order chi connectivity index (χ1) is 7.37. The highest BCUT2D eigenvalue weighted by molar-refractivity contribution is 6.29. The summed E-state index contributed by atoms with van der Waals surface area (Å²) in [5, 5.41) is 2.00. The van der Waals surface area contributed by atoms with Gasteiger partial charge in [0.25, 0.3) is 0 Å². The maximum absolute atomic E-state index is 11.7. The lowest BCUT2D eigenvalue weighted by Crippen LogP contribution is -2.23. The monoisotopic (exact) mass is 255 g/mol. The first-order valence-electron chi connectivity index (χ1n) is 3.85. The molecule has 9 heteroatoms. The maximum Gasteiger partial charge on any atom is 0.422 e. The number of alkyl halides is 3. The van der Waals surface area contributed by atoms with Crippen LogP contribution in [0.1, 0.15) is 0 Å². The molecule has 0 bridgehead atoms. The van der Waals surface area contributed by atoms with Gasteiger partial charge in [0.1, 0.15) is 17.3 Å². The van der Waals surface area contributed by atoms with Crippen molar-refractivity contribution >= 4 is 23.5 Å². The minimum Gasteiger partial charge on any atom is -0.440 e. The molecule has 0 unspecified atom stereocenters. The molecule has 16 heavy (non-hydrogen) atoms. The maximum atomic E-state index is 11.7. The predicted octanol–water partition coefficient (Wildman–Crippen LogP) is 2.24. The highest BCUT2D eigenvalue weighted by Crippen LogP contribution is 2.15. The molecule has 0 saturated carbocycles. The van der Waals surface area contributed by atoms with Crippen LogP contribution in [0, 0.1) is 0 Å².